The van der Waals surface area contributed by atoms with Crippen molar-refractivity contribution in [3.63, 3.8) is 0 Å². The number of fused-ring (bicyclic) bond motifs is 1. The van der Waals surface area contributed by atoms with Gasteiger partial charge in [0.15, 0.2) is 0 Å². The molecule has 0 saturated heterocycles. The molecule has 0 aliphatic heterocycles. The van der Waals surface area contributed by atoms with E-state index in [1.165, 1.54) is 41.8 Å². The maximum absolute atomic E-state index is 10.8. The summed E-state index contributed by atoms with van der Waals surface area (Å²) in [7, 11) is 0. The molecule has 0 bridgehead atoms. The van der Waals surface area contributed by atoms with Crippen molar-refractivity contribution in [3.05, 3.63) is 23.1 Å². The molecule has 2 aromatic rings. The lowest BCUT2D eigenvalue weighted by Crippen LogP contribution is -2.13. The van der Waals surface area contributed by atoms with E-state index in [0.717, 1.165) is 12.1 Å². The van der Waals surface area contributed by atoms with Crippen molar-refractivity contribution >= 4 is 16.2 Å². The van der Waals surface area contributed by atoms with Crippen LogP contribution in [0.2, 0.25) is 0 Å². The number of aliphatic hydroxyl groups excluding tert-OH is 1. The van der Waals surface area contributed by atoms with Crippen LogP contribution in [0.3, 0.4) is 0 Å². The molecule has 20 heavy (non-hydrogen) atoms. The molecule has 1 aliphatic carbocycles. The molecular weight excluding hydrogens is 268 g/mol. The van der Waals surface area contributed by atoms with Crippen molar-refractivity contribution < 1.29 is 5.11 Å². The summed E-state index contributed by atoms with van der Waals surface area (Å²) in [6, 6.07) is 0. The molecular formula is C16H24N2OS. The Morgan fingerprint density at radius 2 is 2.25 bits per heavy atom. The number of rotatable bonds is 7. The number of hydrogen-bond acceptors (Lipinski definition) is 3. The van der Waals surface area contributed by atoms with Crippen LogP contribution in [0.4, 0.5) is 0 Å². The molecule has 110 valence electrons. The van der Waals surface area contributed by atoms with Gasteiger partial charge in [0.25, 0.3) is 0 Å². The van der Waals surface area contributed by atoms with Crippen molar-refractivity contribution in [3.8, 4) is 0 Å². The molecule has 0 amide bonds. The van der Waals surface area contributed by atoms with Crippen LogP contribution in [-0.4, -0.2) is 14.5 Å². The lowest BCUT2D eigenvalue weighted by molar-refractivity contribution is 0.105. The summed E-state index contributed by atoms with van der Waals surface area (Å²) in [5.74, 6) is 1.01. The number of hydrogen-bond donors (Lipinski definition) is 1. The number of thiazole rings is 1. The minimum Gasteiger partial charge on any atom is -0.387 e. The highest BCUT2D eigenvalue weighted by Crippen LogP contribution is 2.48. The Morgan fingerprint density at radius 3 is 2.95 bits per heavy atom. The number of nitrogens with zero attached hydrogens (tertiary/aromatic N) is 2. The lowest BCUT2D eigenvalue weighted by Gasteiger charge is -2.20. The third-order valence-corrected chi connectivity index (χ3v) is 5.64. The van der Waals surface area contributed by atoms with Gasteiger partial charge in [-0.05, 0) is 31.1 Å². The highest BCUT2D eigenvalue weighted by molar-refractivity contribution is 7.17. The van der Waals surface area contributed by atoms with E-state index in [4.69, 9.17) is 0 Å². The fraction of sp³-hybridized carbons (Fsp3) is 0.688. The van der Waals surface area contributed by atoms with Gasteiger partial charge in [-0.25, -0.2) is 4.98 Å². The molecule has 3 rings (SSSR count). The first-order valence-electron chi connectivity index (χ1n) is 7.85. The van der Waals surface area contributed by atoms with Gasteiger partial charge >= 0.3 is 0 Å². The Hall–Kier alpha value is -0.870. The Morgan fingerprint density at radius 1 is 1.45 bits per heavy atom. The third-order valence-electron chi connectivity index (χ3n) is 4.36. The molecule has 2 atom stereocenters. The second-order valence-corrected chi connectivity index (χ2v) is 7.21. The summed E-state index contributed by atoms with van der Waals surface area (Å²) in [6.45, 7) is 4.40. The molecule has 0 radical (unpaired) electrons. The highest BCUT2D eigenvalue weighted by Gasteiger charge is 2.33. The smallest absolute Gasteiger partial charge is 0.120 e. The van der Waals surface area contributed by atoms with Crippen molar-refractivity contribution in [2.75, 3.05) is 0 Å². The van der Waals surface area contributed by atoms with Crippen LogP contribution in [-0.2, 0) is 0 Å². The van der Waals surface area contributed by atoms with Crippen LogP contribution in [0.25, 0.3) is 4.83 Å². The quantitative estimate of drug-likeness (QED) is 0.762. The largest absolute Gasteiger partial charge is 0.387 e. The molecule has 1 N–H and O–H groups in total. The predicted octanol–water partition coefficient (Wildman–Crippen LogP) is 4.52. The molecule has 2 unspecified atom stereocenters. The Bertz CT molecular complexity index is 570. The Labute approximate surface area is 124 Å². The number of aromatic nitrogens is 2. The highest BCUT2D eigenvalue weighted by atomic mass is 32.1. The monoisotopic (exact) mass is 292 g/mol. The van der Waals surface area contributed by atoms with Crippen molar-refractivity contribution in [1.82, 2.24) is 9.38 Å². The summed E-state index contributed by atoms with van der Waals surface area (Å²) in [6.07, 6.45) is 10.8. The molecule has 2 heterocycles. The van der Waals surface area contributed by atoms with Gasteiger partial charge in [-0.15, -0.1) is 11.3 Å². The SMILES string of the molecule is CCCCCC(C)C(O)c1c(C2CC2)sc2cncn12. The summed E-state index contributed by atoms with van der Waals surface area (Å²) in [5, 5.41) is 10.8. The standard InChI is InChI=1S/C16H24N2OS/c1-3-4-5-6-11(2)15(19)14-16(12-7-8-12)20-13-9-17-10-18(13)14/h9-12,15,19H,3-8H2,1-2H3. The maximum atomic E-state index is 10.8. The van der Waals surface area contributed by atoms with Gasteiger partial charge < -0.3 is 5.11 Å². The fourth-order valence-corrected chi connectivity index (χ4v) is 4.20. The van der Waals surface area contributed by atoms with Crippen LogP contribution < -0.4 is 0 Å². The summed E-state index contributed by atoms with van der Waals surface area (Å²) >= 11 is 1.82. The van der Waals surface area contributed by atoms with E-state index in [1.54, 1.807) is 0 Å². The van der Waals surface area contributed by atoms with Gasteiger partial charge in [0, 0.05) is 4.88 Å². The fourth-order valence-electron chi connectivity index (χ4n) is 2.89. The zero-order chi connectivity index (χ0) is 14.1. The average molecular weight is 292 g/mol. The van der Waals surface area contributed by atoms with Gasteiger partial charge in [-0.2, -0.15) is 0 Å². The number of unbranched alkanes of at least 4 members (excludes halogenated alkanes) is 2. The van der Waals surface area contributed by atoms with Crippen LogP contribution in [0, 0.1) is 5.92 Å². The second kappa shape index (κ2) is 5.86. The van der Waals surface area contributed by atoms with Crippen LogP contribution in [0.15, 0.2) is 12.5 Å². The number of imidazole rings is 1. The van der Waals surface area contributed by atoms with Gasteiger partial charge in [-0.1, -0.05) is 33.1 Å². The van der Waals surface area contributed by atoms with Crippen molar-refractivity contribution in [2.24, 2.45) is 5.92 Å². The Balaban J connectivity index is 1.83. The van der Waals surface area contributed by atoms with Gasteiger partial charge in [0.05, 0.1) is 18.0 Å². The molecule has 3 nitrogen and oxygen atoms in total. The van der Waals surface area contributed by atoms with Crippen molar-refractivity contribution in [2.45, 2.75) is 64.4 Å². The minimum absolute atomic E-state index is 0.319. The van der Waals surface area contributed by atoms with E-state index in [2.05, 4.69) is 23.2 Å². The van der Waals surface area contributed by atoms with Crippen molar-refractivity contribution in [1.29, 1.82) is 0 Å². The summed E-state index contributed by atoms with van der Waals surface area (Å²) < 4.78 is 2.11. The third kappa shape index (κ3) is 2.63. The average Bonchev–Trinajstić information content (AvgIpc) is 3.07. The molecule has 1 fully saturated rings. The number of aliphatic hydroxyl groups is 1. The molecule has 4 heteroatoms. The molecule has 0 aromatic carbocycles. The topological polar surface area (TPSA) is 37.5 Å². The van der Waals surface area contributed by atoms with E-state index in [0.29, 0.717) is 11.8 Å². The first-order chi connectivity index (χ1) is 9.72. The van der Waals surface area contributed by atoms with Crippen LogP contribution in [0.1, 0.15) is 75.0 Å². The van der Waals surface area contributed by atoms with Gasteiger partial charge in [0.1, 0.15) is 11.2 Å². The van der Waals surface area contributed by atoms with E-state index in [1.807, 2.05) is 23.9 Å². The molecule has 2 aromatic heterocycles. The second-order valence-electron chi connectivity index (χ2n) is 6.15. The predicted molar refractivity (Wildman–Crippen MR) is 83.3 cm³/mol. The van der Waals surface area contributed by atoms with Gasteiger partial charge in [-0.3, -0.25) is 4.40 Å². The minimum atomic E-state index is -0.356. The van der Waals surface area contributed by atoms with E-state index < -0.39 is 0 Å². The normalized spacial score (nSPS) is 18.6. The lowest BCUT2D eigenvalue weighted by atomic mass is 9.94. The summed E-state index contributed by atoms with van der Waals surface area (Å²) in [4.78, 5) is 6.79. The maximum Gasteiger partial charge on any atom is 0.120 e. The van der Waals surface area contributed by atoms with Crippen LogP contribution >= 0.6 is 11.3 Å². The first kappa shape index (κ1) is 14.1. The van der Waals surface area contributed by atoms with Gasteiger partial charge in [0.2, 0.25) is 0 Å². The van der Waals surface area contributed by atoms with E-state index >= 15 is 0 Å². The van der Waals surface area contributed by atoms with E-state index in [-0.39, 0.29) is 6.10 Å². The first-order valence-corrected chi connectivity index (χ1v) is 8.66. The zero-order valence-electron chi connectivity index (χ0n) is 12.4. The zero-order valence-corrected chi connectivity index (χ0v) is 13.2. The molecule has 1 saturated carbocycles. The summed E-state index contributed by atoms with van der Waals surface area (Å²) in [5.41, 5.74) is 1.12. The molecule has 1 aliphatic rings. The molecule has 0 spiro atoms. The van der Waals surface area contributed by atoms with Crippen LogP contribution in [0.5, 0.6) is 0 Å². The van der Waals surface area contributed by atoms with E-state index in [9.17, 15) is 5.11 Å². The Kier molecular flexibility index (Phi) is 4.13.